The maximum absolute atomic E-state index is 13.7. The van der Waals surface area contributed by atoms with Crippen molar-refractivity contribution in [3.63, 3.8) is 0 Å². The summed E-state index contributed by atoms with van der Waals surface area (Å²) in [6.45, 7) is 6.67. The fourth-order valence-electron chi connectivity index (χ4n) is 5.02. The molecule has 1 saturated heterocycles. The highest BCUT2D eigenvalue weighted by Crippen LogP contribution is 2.33. The molecule has 0 radical (unpaired) electrons. The summed E-state index contributed by atoms with van der Waals surface area (Å²) in [5.41, 5.74) is 1.21. The fourth-order valence-corrected chi connectivity index (χ4v) is 5.02. The number of amides is 3. The third-order valence-corrected chi connectivity index (χ3v) is 7.11. The summed E-state index contributed by atoms with van der Waals surface area (Å²) in [6, 6.07) is 3.78. The molecule has 1 aromatic rings. The molecule has 3 aliphatic heterocycles. The first-order valence-electron chi connectivity index (χ1n) is 13.2. The van der Waals surface area contributed by atoms with Gasteiger partial charge in [-0.2, -0.15) is 0 Å². The highest BCUT2D eigenvalue weighted by molar-refractivity contribution is 5.91. The molecule has 39 heavy (non-hydrogen) atoms. The zero-order chi connectivity index (χ0) is 28.2. The van der Waals surface area contributed by atoms with Gasteiger partial charge in [0.25, 0.3) is 0 Å². The highest BCUT2D eigenvalue weighted by Gasteiger charge is 2.47. The summed E-state index contributed by atoms with van der Waals surface area (Å²) in [4.78, 5) is 55.0. The van der Waals surface area contributed by atoms with Crippen LogP contribution in [0.1, 0.15) is 51.2 Å². The first-order valence-corrected chi connectivity index (χ1v) is 13.2. The maximum atomic E-state index is 13.7. The molecule has 3 heterocycles. The van der Waals surface area contributed by atoms with Crippen LogP contribution in [0.3, 0.4) is 0 Å². The number of alkyl carbamates (subject to hydrolysis) is 1. The number of esters is 1. The Morgan fingerprint density at radius 2 is 1.90 bits per heavy atom. The van der Waals surface area contributed by atoms with Crippen molar-refractivity contribution in [1.29, 1.82) is 0 Å². The lowest BCUT2D eigenvalue weighted by molar-refractivity contribution is -0.152. The standard InChI is InChI=1S/C28H37N3O8/c1-28(2,3)23-24(32)31-16-19(14-21(31)25(33)36-4)39-27(35)30-15-18-10-9-11-22(20(18)17-30)37-12-7-5-6-8-13-38-26(34)29-23/h5,7,9-11,19,21,23H,6,8,12-17H2,1-4H3,(H,29,34)/t19-,21?,23-/m1/s1. The van der Waals surface area contributed by atoms with Gasteiger partial charge in [0, 0.05) is 18.5 Å². The molecule has 1 unspecified atom stereocenters. The Kier molecular flexibility index (Phi) is 8.66. The molecule has 11 heteroatoms. The predicted molar refractivity (Wildman–Crippen MR) is 140 cm³/mol. The van der Waals surface area contributed by atoms with Gasteiger partial charge in [0.15, 0.2) is 0 Å². The van der Waals surface area contributed by atoms with Crippen LogP contribution in [0, 0.1) is 5.41 Å². The number of nitrogens with one attached hydrogen (secondary N) is 1. The number of hydrogen-bond donors (Lipinski definition) is 1. The molecule has 0 aliphatic carbocycles. The van der Waals surface area contributed by atoms with Gasteiger partial charge >= 0.3 is 18.2 Å². The number of allylic oxidation sites excluding steroid dienone is 1. The first kappa shape index (κ1) is 28.3. The van der Waals surface area contributed by atoms with Gasteiger partial charge in [0.2, 0.25) is 5.91 Å². The molecule has 0 spiro atoms. The van der Waals surface area contributed by atoms with Crippen molar-refractivity contribution in [2.24, 2.45) is 5.41 Å². The number of rotatable bonds is 1. The third kappa shape index (κ3) is 6.63. The number of methoxy groups -OCH3 is 1. The van der Waals surface area contributed by atoms with E-state index < -0.39 is 47.7 Å². The van der Waals surface area contributed by atoms with Gasteiger partial charge in [-0.3, -0.25) is 9.69 Å². The summed E-state index contributed by atoms with van der Waals surface area (Å²) >= 11 is 0. The van der Waals surface area contributed by atoms with E-state index in [9.17, 15) is 19.2 Å². The molecule has 1 aromatic carbocycles. The minimum Gasteiger partial charge on any atom is -0.489 e. The fraction of sp³-hybridized carbons (Fsp3) is 0.571. The largest absolute Gasteiger partial charge is 0.489 e. The van der Waals surface area contributed by atoms with Gasteiger partial charge < -0.3 is 29.2 Å². The van der Waals surface area contributed by atoms with Crippen molar-refractivity contribution in [3.8, 4) is 5.75 Å². The normalized spacial score (nSPS) is 24.7. The summed E-state index contributed by atoms with van der Waals surface area (Å²) in [5, 5.41) is 2.67. The van der Waals surface area contributed by atoms with Crippen LogP contribution in [-0.4, -0.2) is 78.9 Å². The minimum absolute atomic E-state index is 0.00549. The van der Waals surface area contributed by atoms with Gasteiger partial charge in [-0.25, -0.2) is 14.4 Å². The van der Waals surface area contributed by atoms with E-state index in [0.717, 1.165) is 11.1 Å². The molecule has 11 nitrogen and oxygen atoms in total. The summed E-state index contributed by atoms with van der Waals surface area (Å²) < 4.78 is 22.0. The Bertz CT molecular complexity index is 1130. The lowest BCUT2D eigenvalue weighted by Gasteiger charge is -2.34. The highest BCUT2D eigenvalue weighted by atomic mass is 16.6. The first-order chi connectivity index (χ1) is 18.6. The molecule has 0 aromatic heterocycles. The molecule has 1 fully saturated rings. The smallest absolute Gasteiger partial charge is 0.410 e. The van der Waals surface area contributed by atoms with E-state index in [2.05, 4.69) is 5.32 Å². The van der Waals surface area contributed by atoms with Crippen LogP contribution in [0.25, 0.3) is 0 Å². The summed E-state index contributed by atoms with van der Waals surface area (Å²) in [6.07, 6.45) is 3.24. The van der Waals surface area contributed by atoms with Gasteiger partial charge in [-0.05, 0) is 29.9 Å². The SMILES string of the molecule is COC(=O)C1C[C@@H]2CN1C(=O)[C@H](C(C)(C)C)NC(=O)OCCCC=CCOc1cccc3c1CN(C3)C(=O)O2. The van der Waals surface area contributed by atoms with Gasteiger partial charge in [-0.15, -0.1) is 0 Å². The molecular formula is C28H37N3O8. The number of hydrogen-bond acceptors (Lipinski definition) is 8. The van der Waals surface area contributed by atoms with Crippen LogP contribution in [0.5, 0.6) is 5.75 Å². The second-order valence-corrected chi connectivity index (χ2v) is 11.0. The molecule has 4 bridgehead atoms. The maximum Gasteiger partial charge on any atom is 0.410 e. The third-order valence-electron chi connectivity index (χ3n) is 7.11. The zero-order valence-electron chi connectivity index (χ0n) is 22.9. The van der Waals surface area contributed by atoms with Crippen LogP contribution in [0.15, 0.2) is 30.4 Å². The lowest BCUT2D eigenvalue weighted by atomic mass is 9.85. The quantitative estimate of drug-likeness (QED) is 0.326. The van der Waals surface area contributed by atoms with Gasteiger partial charge in [-0.1, -0.05) is 45.1 Å². The van der Waals surface area contributed by atoms with E-state index in [-0.39, 0.29) is 19.6 Å². The predicted octanol–water partition coefficient (Wildman–Crippen LogP) is 3.15. The van der Waals surface area contributed by atoms with Crippen molar-refractivity contribution >= 4 is 24.1 Å². The van der Waals surface area contributed by atoms with Crippen LogP contribution in [-0.2, 0) is 36.9 Å². The molecule has 0 saturated carbocycles. The van der Waals surface area contributed by atoms with E-state index in [1.807, 2.05) is 51.1 Å². The second kappa shape index (κ2) is 12.0. The molecule has 3 atom stereocenters. The number of fused-ring (bicyclic) bond motifs is 3. The second-order valence-electron chi connectivity index (χ2n) is 11.0. The number of nitrogens with zero attached hydrogens (tertiary/aromatic N) is 2. The summed E-state index contributed by atoms with van der Waals surface area (Å²) in [5.74, 6) is -0.387. The Morgan fingerprint density at radius 3 is 2.64 bits per heavy atom. The number of benzene rings is 1. The monoisotopic (exact) mass is 543 g/mol. The number of carbonyl (C=O) groups excluding carboxylic acids is 4. The van der Waals surface area contributed by atoms with Crippen LogP contribution in [0.4, 0.5) is 9.59 Å². The van der Waals surface area contributed by atoms with Crippen molar-refractivity contribution < 1.29 is 38.1 Å². The van der Waals surface area contributed by atoms with E-state index in [1.54, 1.807) is 4.90 Å². The lowest BCUT2D eigenvalue weighted by Crippen LogP contribution is -2.57. The van der Waals surface area contributed by atoms with Crippen molar-refractivity contribution in [3.05, 3.63) is 41.5 Å². The van der Waals surface area contributed by atoms with Crippen LogP contribution >= 0.6 is 0 Å². The molecule has 212 valence electrons. The van der Waals surface area contributed by atoms with Crippen LogP contribution < -0.4 is 10.1 Å². The Balaban J connectivity index is 1.58. The Morgan fingerprint density at radius 1 is 1.10 bits per heavy atom. The topological polar surface area (TPSA) is 124 Å². The summed E-state index contributed by atoms with van der Waals surface area (Å²) in [7, 11) is 1.24. The Labute approximate surface area is 228 Å². The van der Waals surface area contributed by atoms with Crippen molar-refractivity contribution in [2.75, 3.05) is 26.9 Å². The minimum atomic E-state index is -0.982. The Hall–Kier alpha value is -3.76. The average Bonchev–Trinajstić information content (AvgIpc) is 3.52. The van der Waals surface area contributed by atoms with Crippen LogP contribution in [0.2, 0.25) is 0 Å². The number of carbonyl (C=O) groups is 4. The van der Waals surface area contributed by atoms with E-state index in [1.165, 1.54) is 12.0 Å². The van der Waals surface area contributed by atoms with Gasteiger partial charge in [0.1, 0.15) is 30.5 Å². The van der Waals surface area contributed by atoms with E-state index in [0.29, 0.717) is 38.3 Å². The number of ether oxygens (including phenoxy) is 4. The van der Waals surface area contributed by atoms with Gasteiger partial charge in [0.05, 0.1) is 26.8 Å². The van der Waals surface area contributed by atoms with E-state index >= 15 is 0 Å². The zero-order valence-corrected chi connectivity index (χ0v) is 22.9. The molecule has 3 aliphatic rings. The molecule has 4 rings (SSSR count). The molecule has 1 N–H and O–H groups in total. The number of cyclic esters (lactones) is 1. The van der Waals surface area contributed by atoms with Crippen molar-refractivity contribution in [2.45, 2.75) is 71.3 Å². The average molecular weight is 544 g/mol. The van der Waals surface area contributed by atoms with Crippen molar-refractivity contribution in [1.82, 2.24) is 15.1 Å². The van der Waals surface area contributed by atoms with E-state index in [4.69, 9.17) is 18.9 Å². The molecular weight excluding hydrogens is 506 g/mol. The molecule has 3 amide bonds.